The second kappa shape index (κ2) is 8.38. The van der Waals surface area contributed by atoms with Gasteiger partial charge in [-0.1, -0.05) is 47.6 Å². The van der Waals surface area contributed by atoms with E-state index in [1.54, 1.807) is 23.1 Å². The Morgan fingerprint density at radius 2 is 2.04 bits per heavy atom. The van der Waals surface area contributed by atoms with Gasteiger partial charge in [-0.15, -0.1) is 0 Å². The van der Waals surface area contributed by atoms with Crippen molar-refractivity contribution in [2.75, 3.05) is 11.9 Å². The number of carbonyl (C=O) groups is 2. The fourth-order valence-corrected chi connectivity index (χ4v) is 3.90. The number of halogens is 1. The molecule has 1 aliphatic heterocycles. The van der Waals surface area contributed by atoms with Crippen LogP contribution in [-0.2, 0) is 9.59 Å². The van der Waals surface area contributed by atoms with Crippen LogP contribution in [0.2, 0.25) is 5.02 Å². The van der Waals surface area contributed by atoms with E-state index in [9.17, 15) is 9.59 Å². The van der Waals surface area contributed by atoms with E-state index < -0.39 is 5.25 Å². The summed E-state index contributed by atoms with van der Waals surface area (Å²) in [6.45, 7) is 2.38. The molecule has 7 heteroatoms. The number of rotatable bonds is 4. The SMILES string of the molecule is CCN1C(=O)C[C@@H](C(=O)Nc2ccccc2)SC1=Nc1cccc(Cl)c1. The third kappa shape index (κ3) is 4.45. The largest absolute Gasteiger partial charge is 0.325 e. The smallest absolute Gasteiger partial charge is 0.238 e. The number of para-hydroxylation sites is 1. The Hall–Kier alpha value is -2.31. The average Bonchev–Trinajstić information content (AvgIpc) is 2.62. The molecule has 2 aromatic rings. The van der Waals surface area contributed by atoms with Crippen molar-refractivity contribution in [3.8, 4) is 0 Å². The molecule has 1 saturated heterocycles. The maximum atomic E-state index is 12.6. The van der Waals surface area contributed by atoms with Crippen molar-refractivity contribution in [3.05, 3.63) is 59.6 Å². The van der Waals surface area contributed by atoms with Crippen LogP contribution in [0.25, 0.3) is 0 Å². The molecule has 2 amide bonds. The maximum absolute atomic E-state index is 12.6. The van der Waals surface area contributed by atoms with Crippen LogP contribution >= 0.6 is 23.4 Å². The molecule has 1 heterocycles. The van der Waals surface area contributed by atoms with Crippen LogP contribution in [0.3, 0.4) is 0 Å². The summed E-state index contributed by atoms with van der Waals surface area (Å²) in [5.74, 6) is -0.315. The van der Waals surface area contributed by atoms with Crippen molar-refractivity contribution in [2.24, 2.45) is 4.99 Å². The highest BCUT2D eigenvalue weighted by atomic mass is 35.5. The van der Waals surface area contributed by atoms with Gasteiger partial charge in [0.05, 0.1) is 5.69 Å². The molecule has 5 nitrogen and oxygen atoms in total. The van der Waals surface area contributed by atoms with Crippen molar-refractivity contribution in [2.45, 2.75) is 18.6 Å². The molecule has 0 bridgehead atoms. The predicted octanol–water partition coefficient (Wildman–Crippen LogP) is 4.32. The molecule has 0 saturated carbocycles. The molecule has 1 aliphatic rings. The third-order valence-electron chi connectivity index (χ3n) is 3.82. The first-order valence-corrected chi connectivity index (χ1v) is 9.49. The number of thioether (sulfide) groups is 1. The number of anilines is 1. The van der Waals surface area contributed by atoms with Crippen LogP contribution in [0, 0.1) is 0 Å². The molecule has 1 atom stereocenters. The Balaban J connectivity index is 1.81. The number of nitrogens with one attached hydrogen (secondary N) is 1. The Morgan fingerprint density at radius 1 is 1.27 bits per heavy atom. The maximum Gasteiger partial charge on any atom is 0.238 e. The standard InChI is InChI=1S/C19H18ClN3O2S/c1-2-23-17(24)12-16(18(25)21-14-8-4-3-5-9-14)26-19(23)22-15-10-6-7-13(20)11-15/h3-11,16H,2,12H2,1H3,(H,21,25)/t16-/m0/s1. The lowest BCUT2D eigenvalue weighted by Gasteiger charge is -2.30. The lowest BCUT2D eigenvalue weighted by atomic mass is 10.2. The quantitative estimate of drug-likeness (QED) is 0.849. The summed E-state index contributed by atoms with van der Waals surface area (Å²) >= 11 is 7.31. The first-order valence-electron chi connectivity index (χ1n) is 8.24. The fraction of sp³-hybridized carbons (Fsp3) is 0.211. The number of aliphatic imine (C=N–C) groups is 1. The van der Waals surface area contributed by atoms with Gasteiger partial charge in [0, 0.05) is 23.7 Å². The molecule has 3 rings (SSSR count). The minimum atomic E-state index is -0.525. The van der Waals surface area contributed by atoms with Gasteiger partial charge < -0.3 is 5.32 Å². The number of benzene rings is 2. The molecule has 1 fully saturated rings. The van der Waals surface area contributed by atoms with Crippen molar-refractivity contribution >= 4 is 51.7 Å². The summed E-state index contributed by atoms with van der Waals surface area (Å²) in [7, 11) is 0. The minimum absolute atomic E-state index is 0.111. The molecule has 2 aromatic carbocycles. The number of hydrogen-bond acceptors (Lipinski definition) is 4. The van der Waals surface area contributed by atoms with E-state index in [2.05, 4.69) is 10.3 Å². The zero-order valence-electron chi connectivity index (χ0n) is 14.2. The molecule has 26 heavy (non-hydrogen) atoms. The van der Waals surface area contributed by atoms with Gasteiger partial charge >= 0.3 is 0 Å². The second-order valence-corrected chi connectivity index (χ2v) is 7.28. The highest BCUT2D eigenvalue weighted by Crippen LogP contribution is 2.30. The van der Waals surface area contributed by atoms with Gasteiger partial charge in [-0.25, -0.2) is 4.99 Å². The molecule has 0 unspecified atom stereocenters. The zero-order chi connectivity index (χ0) is 18.5. The molecule has 134 valence electrons. The predicted molar refractivity (Wildman–Crippen MR) is 107 cm³/mol. The van der Waals surface area contributed by atoms with Crippen LogP contribution in [0.15, 0.2) is 59.6 Å². The normalized spacial score (nSPS) is 18.8. The summed E-state index contributed by atoms with van der Waals surface area (Å²) in [5, 5.41) is 3.41. The average molecular weight is 388 g/mol. The number of carbonyl (C=O) groups excluding carboxylic acids is 2. The summed E-state index contributed by atoms with van der Waals surface area (Å²) in [6.07, 6.45) is 0.145. The number of hydrogen-bond donors (Lipinski definition) is 1. The number of amides is 2. The number of nitrogens with zero attached hydrogens (tertiary/aromatic N) is 2. The van der Waals surface area contributed by atoms with Gasteiger partial charge in [0.2, 0.25) is 11.8 Å². The second-order valence-electron chi connectivity index (χ2n) is 5.68. The Morgan fingerprint density at radius 3 is 2.73 bits per heavy atom. The van der Waals surface area contributed by atoms with Crippen LogP contribution in [0.5, 0.6) is 0 Å². The molecular weight excluding hydrogens is 370 g/mol. The molecule has 0 radical (unpaired) electrons. The summed E-state index contributed by atoms with van der Waals surface area (Å²) in [4.78, 5) is 31.2. The van der Waals surface area contributed by atoms with E-state index in [0.29, 0.717) is 28.1 Å². The van der Waals surface area contributed by atoms with E-state index in [-0.39, 0.29) is 18.2 Å². The van der Waals surface area contributed by atoms with Crippen molar-refractivity contribution in [1.82, 2.24) is 4.90 Å². The molecule has 0 aromatic heterocycles. The van der Waals surface area contributed by atoms with Gasteiger partial charge in [-0.2, -0.15) is 0 Å². The molecule has 0 aliphatic carbocycles. The molecule has 1 N–H and O–H groups in total. The molecular formula is C19H18ClN3O2S. The van der Waals surface area contributed by atoms with E-state index in [1.807, 2.05) is 43.3 Å². The number of amidine groups is 1. The lowest BCUT2D eigenvalue weighted by molar-refractivity contribution is -0.129. The Labute approximate surface area is 161 Å². The Kier molecular flexibility index (Phi) is 5.96. The summed E-state index contributed by atoms with van der Waals surface area (Å²) < 4.78 is 0. The van der Waals surface area contributed by atoms with E-state index in [4.69, 9.17) is 11.6 Å². The van der Waals surface area contributed by atoms with E-state index in [1.165, 1.54) is 11.8 Å². The van der Waals surface area contributed by atoms with Crippen molar-refractivity contribution in [1.29, 1.82) is 0 Å². The molecule has 0 spiro atoms. The summed E-state index contributed by atoms with van der Waals surface area (Å²) in [6, 6.07) is 16.3. The lowest BCUT2D eigenvalue weighted by Crippen LogP contribution is -2.45. The fourth-order valence-electron chi connectivity index (χ4n) is 2.55. The topological polar surface area (TPSA) is 61.8 Å². The third-order valence-corrected chi connectivity index (χ3v) is 5.25. The Bertz CT molecular complexity index is 842. The zero-order valence-corrected chi connectivity index (χ0v) is 15.8. The van der Waals surface area contributed by atoms with Crippen molar-refractivity contribution in [3.63, 3.8) is 0 Å². The van der Waals surface area contributed by atoms with Crippen LogP contribution < -0.4 is 5.32 Å². The highest BCUT2D eigenvalue weighted by molar-refractivity contribution is 8.15. The first kappa shape index (κ1) is 18.5. The first-order chi connectivity index (χ1) is 12.6. The van der Waals surface area contributed by atoms with Gasteiger partial charge in [-0.05, 0) is 37.3 Å². The van der Waals surface area contributed by atoms with Gasteiger partial charge in [0.15, 0.2) is 5.17 Å². The van der Waals surface area contributed by atoms with E-state index in [0.717, 1.165) is 0 Å². The summed E-state index contributed by atoms with van der Waals surface area (Å²) in [5.41, 5.74) is 1.35. The van der Waals surface area contributed by atoms with Gasteiger partial charge in [0.25, 0.3) is 0 Å². The van der Waals surface area contributed by atoms with Crippen LogP contribution in [0.1, 0.15) is 13.3 Å². The minimum Gasteiger partial charge on any atom is -0.325 e. The van der Waals surface area contributed by atoms with Crippen LogP contribution in [0.4, 0.5) is 11.4 Å². The highest BCUT2D eigenvalue weighted by Gasteiger charge is 2.35. The van der Waals surface area contributed by atoms with Crippen LogP contribution in [-0.4, -0.2) is 33.7 Å². The monoisotopic (exact) mass is 387 g/mol. The van der Waals surface area contributed by atoms with Gasteiger partial charge in [0.1, 0.15) is 5.25 Å². The van der Waals surface area contributed by atoms with E-state index >= 15 is 0 Å². The van der Waals surface area contributed by atoms with Crippen molar-refractivity contribution < 1.29 is 9.59 Å². The van der Waals surface area contributed by atoms with Gasteiger partial charge in [-0.3, -0.25) is 14.5 Å².